The maximum absolute atomic E-state index is 13.3. The van der Waals surface area contributed by atoms with E-state index in [1.807, 2.05) is 47.1 Å². The Kier molecular flexibility index (Phi) is 10.9. The van der Waals surface area contributed by atoms with E-state index in [0.717, 1.165) is 30.5 Å². The summed E-state index contributed by atoms with van der Waals surface area (Å²) in [6, 6.07) is 18.5. The zero-order valence-electron chi connectivity index (χ0n) is 30.9. The van der Waals surface area contributed by atoms with E-state index in [-0.39, 0.29) is 18.5 Å². The zero-order valence-corrected chi connectivity index (χ0v) is 30.9. The van der Waals surface area contributed by atoms with E-state index in [9.17, 15) is 19.5 Å². The summed E-state index contributed by atoms with van der Waals surface area (Å²) < 4.78 is 14.9. The Balaban J connectivity index is 1.04. The Bertz CT molecular complexity index is 2110. The van der Waals surface area contributed by atoms with Crippen molar-refractivity contribution in [2.24, 2.45) is 0 Å². The molecule has 0 radical (unpaired) electrons. The fourth-order valence-electron chi connectivity index (χ4n) is 6.99. The molecule has 1 aromatic carbocycles. The number of likely N-dealkylation sites (tertiary alicyclic amines) is 1. The molecule has 286 valence electrons. The number of nitrogens with one attached hydrogen (secondary N) is 2. The van der Waals surface area contributed by atoms with Crippen LogP contribution in [-0.2, 0) is 15.9 Å². The third-order valence-electron chi connectivity index (χ3n) is 9.56. The van der Waals surface area contributed by atoms with E-state index in [4.69, 9.17) is 9.47 Å². The van der Waals surface area contributed by atoms with Crippen LogP contribution in [0.3, 0.4) is 0 Å². The van der Waals surface area contributed by atoms with Crippen molar-refractivity contribution in [3.63, 3.8) is 0 Å². The summed E-state index contributed by atoms with van der Waals surface area (Å²) in [7, 11) is 0. The molecule has 2 fully saturated rings. The van der Waals surface area contributed by atoms with Gasteiger partial charge in [-0.2, -0.15) is 5.10 Å². The molecule has 16 nitrogen and oxygen atoms in total. The fourth-order valence-corrected chi connectivity index (χ4v) is 6.99. The van der Waals surface area contributed by atoms with Gasteiger partial charge in [0.1, 0.15) is 22.8 Å². The summed E-state index contributed by atoms with van der Waals surface area (Å²) >= 11 is 0. The molecule has 16 heteroatoms. The van der Waals surface area contributed by atoms with Crippen molar-refractivity contribution in [2.45, 2.75) is 82.8 Å². The summed E-state index contributed by atoms with van der Waals surface area (Å²) in [6.07, 6.45) is 6.84. The number of carbonyl (C=O) groups excluding carboxylic acids is 2. The first-order valence-electron chi connectivity index (χ1n) is 18.4. The number of rotatable bonds is 9. The lowest BCUT2D eigenvalue weighted by atomic mass is 9.88. The monoisotopic (exact) mass is 748 g/mol. The first-order valence-corrected chi connectivity index (χ1v) is 18.4. The number of hydrogen-bond donors (Lipinski definition) is 3. The molecule has 0 saturated carbocycles. The van der Waals surface area contributed by atoms with Gasteiger partial charge in [0.05, 0.1) is 35.7 Å². The van der Waals surface area contributed by atoms with Gasteiger partial charge in [-0.05, 0) is 88.8 Å². The third kappa shape index (κ3) is 8.97. The van der Waals surface area contributed by atoms with Crippen LogP contribution in [0.4, 0.5) is 15.4 Å². The molecule has 3 amide bonds. The Morgan fingerprint density at radius 1 is 1.00 bits per heavy atom. The highest BCUT2D eigenvalue weighted by Gasteiger charge is 2.41. The van der Waals surface area contributed by atoms with Gasteiger partial charge in [-0.15, -0.1) is 5.10 Å². The van der Waals surface area contributed by atoms with Gasteiger partial charge in [0.2, 0.25) is 0 Å². The zero-order chi connectivity index (χ0) is 38.5. The average molecular weight is 749 g/mol. The van der Waals surface area contributed by atoms with Crippen LogP contribution in [0, 0.1) is 0 Å². The standard InChI is InChI=1S/C39H44N10O6/c1-39(2,3)55-37(51)43-30-21-27(23-47(38(52)53)33(30)20-25-10-5-4-6-11-25)48-24-31(45-46-48)26-15-16-34(40-22-26)44-36(50)29-13-9-12-28(42-29)32-17-18-41-49(32)35-14-7-8-19-54-35/h4-6,9-13,15-18,22,24,27,30,33,35H,7-8,14,19-21,23H2,1-3H3,(H,43,51)(H,52,53)(H,40,44,50). The molecular weight excluding hydrogens is 704 g/mol. The van der Waals surface area contributed by atoms with Crippen LogP contribution in [0.1, 0.15) is 74.8 Å². The van der Waals surface area contributed by atoms with E-state index in [0.29, 0.717) is 42.2 Å². The lowest BCUT2D eigenvalue weighted by Crippen LogP contribution is -2.60. The van der Waals surface area contributed by atoms with Gasteiger partial charge in [0.15, 0.2) is 6.23 Å². The van der Waals surface area contributed by atoms with Crippen LogP contribution in [0.2, 0.25) is 0 Å². The highest BCUT2D eigenvalue weighted by atomic mass is 16.6. The molecule has 0 spiro atoms. The van der Waals surface area contributed by atoms with E-state index >= 15 is 0 Å². The van der Waals surface area contributed by atoms with Gasteiger partial charge in [-0.1, -0.05) is 41.6 Å². The normalized spacial score (nSPS) is 20.1. The fraction of sp³-hybridized carbons (Fsp3) is 0.385. The quantitative estimate of drug-likeness (QED) is 0.161. The summed E-state index contributed by atoms with van der Waals surface area (Å²) in [5.41, 5.74) is 2.95. The molecule has 5 aromatic rings. The minimum absolute atomic E-state index is 0.136. The smallest absolute Gasteiger partial charge is 0.407 e. The van der Waals surface area contributed by atoms with Gasteiger partial charge in [-0.25, -0.2) is 28.9 Å². The Morgan fingerprint density at radius 3 is 2.56 bits per heavy atom. The molecule has 3 N–H and O–H groups in total. The van der Waals surface area contributed by atoms with E-state index in [1.54, 1.807) is 68.3 Å². The van der Waals surface area contributed by atoms with Crippen molar-refractivity contribution in [3.8, 4) is 22.6 Å². The topological polar surface area (TPSA) is 192 Å². The number of amides is 3. The molecule has 0 bridgehead atoms. The number of benzene rings is 1. The molecule has 4 unspecified atom stereocenters. The summed E-state index contributed by atoms with van der Waals surface area (Å²) in [5, 5.41) is 29.2. The second-order valence-electron chi connectivity index (χ2n) is 14.7. The van der Waals surface area contributed by atoms with Crippen molar-refractivity contribution in [3.05, 3.63) is 96.6 Å². The Hall–Kier alpha value is -6.16. The van der Waals surface area contributed by atoms with Crippen molar-refractivity contribution < 1.29 is 29.0 Å². The maximum atomic E-state index is 13.3. The number of alkyl carbamates (subject to hydrolysis) is 1. The van der Waals surface area contributed by atoms with E-state index in [2.05, 4.69) is 36.0 Å². The molecular formula is C39H44N10O6. The van der Waals surface area contributed by atoms with Gasteiger partial charge in [0, 0.05) is 31.1 Å². The molecule has 4 aromatic heterocycles. The SMILES string of the molecule is CC(C)(C)OC(=O)NC1CC(n2cc(-c3ccc(NC(=O)c4cccc(-c5ccnn5C5CCCCO5)n4)nc3)nn2)CN(C(=O)O)C1Cc1ccccc1. The molecule has 4 atom stereocenters. The number of carbonyl (C=O) groups is 3. The summed E-state index contributed by atoms with van der Waals surface area (Å²) in [6.45, 7) is 6.14. The lowest BCUT2D eigenvalue weighted by Gasteiger charge is -2.43. The molecule has 7 rings (SSSR count). The minimum Gasteiger partial charge on any atom is -0.465 e. The predicted molar refractivity (Wildman–Crippen MR) is 201 cm³/mol. The van der Waals surface area contributed by atoms with Crippen molar-refractivity contribution in [2.75, 3.05) is 18.5 Å². The summed E-state index contributed by atoms with van der Waals surface area (Å²) in [4.78, 5) is 49.3. The maximum Gasteiger partial charge on any atom is 0.407 e. The van der Waals surface area contributed by atoms with Crippen LogP contribution < -0.4 is 10.6 Å². The van der Waals surface area contributed by atoms with Crippen LogP contribution >= 0.6 is 0 Å². The molecule has 0 aliphatic carbocycles. The largest absolute Gasteiger partial charge is 0.465 e. The second kappa shape index (κ2) is 16.1. The first-order chi connectivity index (χ1) is 26.5. The van der Waals surface area contributed by atoms with Gasteiger partial charge in [0.25, 0.3) is 5.91 Å². The molecule has 6 heterocycles. The minimum atomic E-state index is -1.11. The van der Waals surface area contributed by atoms with E-state index in [1.165, 1.54) is 4.90 Å². The molecule has 2 aliphatic rings. The third-order valence-corrected chi connectivity index (χ3v) is 9.56. The number of ether oxygens (including phenoxy) is 2. The van der Waals surface area contributed by atoms with Crippen LogP contribution in [0.25, 0.3) is 22.6 Å². The number of aromatic nitrogens is 7. The van der Waals surface area contributed by atoms with Crippen LogP contribution in [0.5, 0.6) is 0 Å². The number of piperidine rings is 1. The lowest BCUT2D eigenvalue weighted by molar-refractivity contribution is -0.0384. The van der Waals surface area contributed by atoms with Crippen molar-refractivity contribution in [1.29, 1.82) is 0 Å². The molecule has 55 heavy (non-hydrogen) atoms. The second-order valence-corrected chi connectivity index (χ2v) is 14.7. The highest BCUT2D eigenvalue weighted by molar-refractivity contribution is 6.02. The highest BCUT2D eigenvalue weighted by Crippen LogP contribution is 2.31. The molecule has 2 saturated heterocycles. The summed E-state index contributed by atoms with van der Waals surface area (Å²) in [5.74, 6) is -0.104. The van der Waals surface area contributed by atoms with E-state index < -0.39 is 41.8 Å². The predicted octanol–water partition coefficient (Wildman–Crippen LogP) is 5.98. The number of nitrogens with zero attached hydrogens (tertiary/aromatic N) is 8. The van der Waals surface area contributed by atoms with Crippen molar-refractivity contribution in [1.82, 2.24) is 45.0 Å². The van der Waals surface area contributed by atoms with Gasteiger partial charge >= 0.3 is 12.2 Å². The van der Waals surface area contributed by atoms with Crippen LogP contribution in [-0.4, -0.2) is 93.7 Å². The van der Waals surface area contributed by atoms with Crippen molar-refractivity contribution >= 4 is 23.9 Å². The number of anilines is 1. The number of carboxylic acid groups (broad SMARTS) is 1. The van der Waals surface area contributed by atoms with Gasteiger partial charge < -0.3 is 30.1 Å². The first kappa shape index (κ1) is 37.2. The Morgan fingerprint density at radius 2 is 1.84 bits per heavy atom. The number of hydrogen-bond acceptors (Lipinski definition) is 10. The molecule has 2 aliphatic heterocycles. The van der Waals surface area contributed by atoms with Gasteiger partial charge in [-0.3, -0.25) is 4.79 Å². The number of pyridine rings is 2. The average Bonchev–Trinajstić information content (AvgIpc) is 3.87. The van der Waals surface area contributed by atoms with Crippen LogP contribution in [0.15, 0.2) is 85.3 Å². The Labute approximate surface area is 317 Å².